The summed E-state index contributed by atoms with van der Waals surface area (Å²) in [6.07, 6.45) is 0. The lowest BCUT2D eigenvalue weighted by atomic mass is 10.1. The number of para-hydroxylation sites is 1. The molecule has 0 amide bonds. The first-order valence-electron chi connectivity index (χ1n) is 12.0. The Morgan fingerprint density at radius 2 is 1.41 bits per heavy atom. The second-order valence-corrected chi connectivity index (χ2v) is 12.8. The molecule has 0 aliphatic rings. The van der Waals surface area contributed by atoms with E-state index in [4.69, 9.17) is 16.6 Å². The highest BCUT2D eigenvalue weighted by Gasteiger charge is 2.19. The Bertz CT molecular complexity index is 2390. The van der Waals surface area contributed by atoms with Gasteiger partial charge < -0.3 is 0 Å². The Morgan fingerprint density at radius 3 is 2.35 bits per heavy atom. The zero-order valence-electron chi connectivity index (χ0n) is 19.2. The van der Waals surface area contributed by atoms with Crippen molar-refractivity contribution in [3.05, 3.63) is 96.0 Å². The second-order valence-electron chi connectivity index (χ2n) is 9.32. The fraction of sp³-hybridized carbons (Fsp3) is 0. The standard InChI is InChI=1S/C31H15ClN2S3/c32-21-9-5-8-18-28-26(36-29(18)21)13-12-22-30(28)37-31(33-22)34-23-10-3-1-6-16(23)19-15-27-20(14-24(19)34)17-7-2-4-11-25(17)35-27/h1-15H. The molecule has 0 saturated heterocycles. The summed E-state index contributed by atoms with van der Waals surface area (Å²) >= 11 is 12.0. The molecule has 37 heavy (non-hydrogen) atoms. The fourth-order valence-electron chi connectivity index (χ4n) is 5.71. The van der Waals surface area contributed by atoms with Gasteiger partial charge in [-0.2, -0.15) is 0 Å². The molecule has 0 radical (unpaired) electrons. The summed E-state index contributed by atoms with van der Waals surface area (Å²) in [6.45, 7) is 0. The molecule has 0 atom stereocenters. The summed E-state index contributed by atoms with van der Waals surface area (Å²) in [4.78, 5) is 5.20. The predicted molar refractivity (Wildman–Crippen MR) is 165 cm³/mol. The van der Waals surface area contributed by atoms with Gasteiger partial charge in [0, 0.05) is 46.4 Å². The molecule has 0 bridgehead atoms. The Balaban J connectivity index is 1.42. The van der Waals surface area contributed by atoms with E-state index >= 15 is 0 Å². The van der Waals surface area contributed by atoms with Gasteiger partial charge in [0.05, 0.1) is 31.0 Å². The van der Waals surface area contributed by atoms with Crippen LogP contribution in [0.15, 0.2) is 91.0 Å². The molecule has 0 fully saturated rings. The molecule has 4 aromatic heterocycles. The molecule has 4 heterocycles. The van der Waals surface area contributed by atoms with Crippen LogP contribution in [-0.4, -0.2) is 9.55 Å². The van der Waals surface area contributed by atoms with Crippen LogP contribution in [0.3, 0.4) is 0 Å². The van der Waals surface area contributed by atoms with Crippen LogP contribution in [0.1, 0.15) is 0 Å². The summed E-state index contributed by atoms with van der Waals surface area (Å²) in [5.74, 6) is 0. The maximum Gasteiger partial charge on any atom is 0.195 e. The van der Waals surface area contributed by atoms with Crippen LogP contribution >= 0.6 is 45.6 Å². The van der Waals surface area contributed by atoms with Gasteiger partial charge in [-0.15, -0.1) is 22.7 Å². The fourth-order valence-corrected chi connectivity index (χ4v) is 9.46. The third-order valence-electron chi connectivity index (χ3n) is 7.32. The molecular formula is C31H15ClN2S3. The van der Waals surface area contributed by atoms with Crippen molar-refractivity contribution in [1.29, 1.82) is 0 Å². The van der Waals surface area contributed by atoms with Crippen molar-refractivity contribution in [3.63, 3.8) is 0 Å². The van der Waals surface area contributed by atoms with Crippen LogP contribution in [0, 0.1) is 0 Å². The number of fused-ring (bicyclic) bond motifs is 11. The monoisotopic (exact) mass is 546 g/mol. The third-order valence-corrected chi connectivity index (χ3v) is 11.2. The van der Waals surface area contributed by atoms with E-state index in [0.717, 1.165) is 20.4 Å². The van der Waals surface area contributed by atoms with Gasteiger partial charge in [-0.25, -0.2) is 4.98 Å². The highest BCUT2D eigenvalue weighted by atomic mass is 35.5. The molecule has 0 unspecified atom stereocenters. The Morgan fingerprint density at radius 1 is 0.568 bits per heavy atom. The van der Waals surface area contributed by atoms with Crippen LogP contribution in [0.4, 0.5) is 0 Å². The van der Waals surface area contributed by atoms with Crippen LogP contribution < -0.4 is 0 Å². The first kappa shape index (κ1) is 20.6. The predicted octanol–water partition coefficient (Wildman–Crippen LogP) is 10.8. The van der Waals surface area contributed by atoms with Crippen molar-refractivity contribution in [2.24, 2.45) is 0 Å². The summed E-state index contributed by atoms with van der Waals surface area (Å²) in [5, 5.41) is 9.42. The SMILES string of the molecule is Clc1cccc2c1sc1ccc3nc(-n4c5ccccc5c5cc6sc7ccccc7c6cc54)sc3c12. The number of halogens is 1. The van der Waals surface area contributed by atoms with Gasteiger partial charge in [-0.3, -0.25) is 4.57 Å². The van der Waals surface area contributed by atoms with E-state index < -0.39 is 0 Å². The van der Waals surface area contributed by atoms with Crippen molar-refractivity contribution in [3.8, 4) is 5.13 Å². The molecule has 174 valence electrons. The van der Waals surface area contributed by atoms with Crippen LogP contribution in [0.5, 0.6) is 0 Å². The summed E-state index contributed by atoms with van der Waals surface area (Å²) in [5.41, 5.74) is 3.42. The van der Waals surface area contributed by atoms with Crippen molar-refractivity contribution in [2.75, 3.05) is 0 Å². The maximum absolute atomic E-state index is 6.57. The van der Waals surface area contributed by atoms with E-state index in [9.17, 15) is 0 Å². The van der Waals surface area contributed by atoms with Crippen LogP contribution in [0.25, 0.3) is 77.5 Å². The first-order valence-corrected chi connectivity index (χ1v) is 14.8. The van der Waals surface area contributed by atoms with Crippen molar-refractivity contribution in [2.45, 2.75) is 0 Å². The minimum atomic E-state index is 0.811. The Kier molecular flexibility index (Phi) is 4.06. The van der Waals surface area contributed by atoms with E-state index in [1.807, 2.05) is 23.5 Å². The van der Waals surface area contributed by atoms with Crippen molar-refractivity contribution < 1.29 is 0 Å². The Labute approximate surface area is 227 Å². The van der Waals surface area contributed by atoms with Gasteiger partial charge in [0.25, 0.3) is 0 Å². The van der Waals surface area contributed by atoms with Gasteiger partial charge in [0.15, 0.2) is 5.13 Å². The molecule has 0 aliphatic carbocycles. The largest absolute Gasteiger partial charge is 0.285 e. The number of nitrogens with zero attached hydrogens (tertiary/aromatic N) is 2. The van der Waals surface area contributed by atoms with E-state index in [2.05, 4.69) is 83.4 Å². The van der Waals surface area contributed by atoms with Gasteiger partial charge in [0.2, 0.25) is 0 Å². The first-order chi connectivity index (χ1) is 18.2. The van der Waals surface area contributed by atoms with E-state index in [1.54, 1.807) is 22.7 Å². The molecule has 5 aromatic carbocycles. The smallest absolute Gasteiger partial charge is 0.195 e. The zero-order valence-corrected chi connectivity index (χ0v) is 22.4. The highest BCUT2D eigenvalue weighted by molar-refractivity contribution is 7.28. The molecule has 9 rings (SSSR count). The molecule has 6 heteroatoms. The van der Waals surface area contributed by atoms with E-state index in [0.29, 0.717) is 0 Å². The summed E-state index contributed by atoms with van der Waals surface area (Å²) in [6, 6.07) is 32.7. The minimum absolute atomic E-state index is 0.811. The number of hydrogen-bond donors (Lipinski definition) is 0. The average molecular weight is 547 g/mol. The molecule has 0 spiro atoms. The Hall–Kier alpha value is -3.48. The molecule has 0 saturated carbocycles. The second kappa shape index (κ2) is 7.30. The van der Waals surface area contributed by atoms with Gasteiger partial charge in [0.1, 0.15) is 0 Å². The van der Waals surface area contributed by atoms with Gasteiger partial charge in [-0.05, 0) is 42.5 Å². The van der Waals surface area contributed by atoms with E-state index in [1.165, 1.54) is 62.2 Å². The molecule has 9 aromatic rings. The number of benzene rings is 5. The lowest BCUT2D eigenvalue weighted by Gasteiger charge is -2.03. The maximum atomic E-state index is 6.57. The van der Waals surface area contributed by atoms with Crippen LogP contribution in [0.2, 0.25) is 5.02 Å². The average Bonchev–Trinajstić information content (AvgIpc) is 3.67. The number of hydrogen-bond acceptors (Lipinski definition) is 4. The molecule has 0 N–H and O–H groups in total. The summed E-state index contributed by atoms with van der Waals surface area (Å²) < 4.78 is 8.61. The van der Waals surface area contributed by atoms with Crippen molar-refractivity contribution in [1.82, 2.24) is 9.55 Å². The zero-order chi connectivity index (χ0) is 24.2. The number of thiophene rings is 2. The summed E-state index contributed by atoms with van der Waals surface area (Å²) in [7, 11) is 0. The normalized spacial score (nSPS) is 12.5. The highest BCUT2D eigenvalue weighted by Crippen LogP contribution is 2.45. The van der Waals surface area contributed by atoms with Crippen molar-refractivity contribution >= 4 is 118 Å². The third kappa shape index (κ3) is 2.72. The molecule has 0 aliphatic heterocycles. The number of aromatic nitrogens is 2. The van der Waals surface area contributed by atoms with Gasteiger partial charge >= 0.3 is 0 Å². The lowest BCUT2D eigenvalue weighted by molar-refractivity contribution is 1.15. The number of rotatable bonds is 1. The topological polar surface area (TPSA) is 17.8 Å². The lowest BCUT2D eigenvalue weighted by Crippen LogP contribution is -1.92. The molecular weight excluding hydrogens is 532 g/mol. The number of thiazole rings is 1. The van der Waals surface area contributed by atoms with Crippen LogP contribution in [-0.2, 0) is 0 Å². The van der Waals surface area contributed by atoms with Gasteiger partial charge in [-0.1, -0.05) is 71.5 Å². The quantitative estimate of drug-likeness (QED) is 0.200. The van der Waals surface area contributed by atoms with E-state index in [-0.39, 0.29) is 0 Å². The minimum Gasteiger partial charge on any atom is -0.285 e. The molecule has 2 nitrogen and oxygen atoms in total.